The number of benzene rings is 3. The van der Waals surface area contributed by atoms with Crippen LogP contribution < -0.4 is 9.96 Å². The second kappa shape index (κ2) is 8.65. The van der Waals surface area contributed by atoms with E-state index in [0.29, 0.717) is 16.8 Å². The minimum Gasteiger partial charge on any atom is -0.465 e. The molecule has 0 unspecified atom stereocenters. The van der Waals surface area contributed by atoms with Crippen LogP contribution in [0, 0.1) is 16.0 Å². The number of para-hydroxylation sites is 1. The van der Waals surface area contributed by atoms with Crippen molar-refractivity contribution in [1.29, 1.82) is 0 Å². The van der Waals surface area contributed by atoms with Crippen molar-refractivity contribution in [2.24, 2.45) is 5.92 Å². The van der Waals surface area contributed by atoms with Crippen molar-refractivity contribution in [1.82, 2.24) is 0 Å². The van der Waals surface area contributed by atoms with Crippen molar-refractivity contribution >= 4 is 34.8 Å². The van der Waals surface area contributed by atoms with E-state index in [0.717, 1.165) is 4.90 Å². The highest BCUT2D eigenvalue weighted by molar-refractivity contribution is 6.24. The van der Waals surface area contributed by atoms with E-state index in [1.54, 1.807) is 41.5 Å². The van der Waals surface area contributed by atoms with E-state index < -0.39 is 40.8 Å². The number of hydroxylamine groups is 1. The van der Waals surface area contributed by atoms with Crippen molar-refractivity contribution < 1.29 is 28.9 Å². The van der Waals surface area contributed by atoms with E-state index in [2.05, 4.69) is 0 Å². The van der Waals surface area contributed by atoms with Crippen molar-refractivity contribution in [2.75, 3.05) is 17.1 Å². The number of nitrogens with zero attached hydrogens (tertiary/aromatic N) is 3. The first-order valence-electron chi connectivity index (χ1n) is 10.7. The quantitative estimate of drug-likeness (QED) is 0.239. The number of methoxy groups -OCH3 is 1. The summed E-state index contributed by atoms with van der Waals surface area (Å²) in [6.45, 7) is 0. The fraction of sp³-hybridized carbons (Fsp3) is 0.160. The Kier molecular flexibility index (Phi) is 5.50. The lowest BCUT2D eigenvalue weighted by molar-refractivity contribution is -0.384. The molecule has 0 radical (unpaired) electrons. The number of amides is 2. The lowest BCUT2D eigenvalue weighted by atomic mass is 9.90. The molecule has 0 aromatic heterocycles. The van der Waals surface area contributed by atoms with Crippen LogP contribution in [0.25, 0.3) is 0 Å². The monoisotopic (exact) mass is 473 g/mol. The van der Waals surface area contributed by atoms with Gasteiger partial charge in [0, 0.05) is 12.1 Å². The van der Waals surface area contributed by atoms with E-state index in [4.69, 9.17) is 9.57 Å². The molecule has 2 amide bonds. The van der Waals surface area contributed by atoms with Gasteiger partial charge in [0.05, 0.1) is 35.0 Å². The minimum atomic E-state index is -1.08. The highest BCUT2D eigenvalue weighted by Crippen LogP contribution is 2.47. The first-order chi connectivity index (χ1) is 16.9. The SMILES string of the molecule is COC(=O)c1ccc([C@H]2[C@H]3C(=O)N(c4ccc([N+](=O)[O-])cc4)C(=O)[C@H]3ON2c2ccccc2)cc1. The van der Waals surface area contributed by atoms with Crippen molar-refractivity contribution in [2.45, 2.75) is 12.1 Å². The number of non-ortho nitro benzene ring substituents is 1. The smallest absolute Gasteiger partial charge is 0.337 e. The normalized spacial score (nSPS) is 21.2. The van der Waals surface area contributed by atoms with Crippen molar-refractivity contribution in [3.8, 4) is 0 Å². The fourth-order valence-electron chi connectivity index (χ4n) is 4.46. The van der Waals surface area contributed by atoms with Gasteiger partial charge in [0.2, 0.25) is 5.91 Å². The van der Waals surface area contributed by atoms with Crippen LogP contribution in [-0.4, -0.2) is 35.9 Å². The van der Waals surface area contributed by atoms with E-state index >= 15 is 0 Å². The Morgan fingerprint density at radius 3 is 2.17 bits per heavy atom. The molecular formula is C25H19N3O7. The first kappa shape index (κ1) is 22.2. The molecule has 3 aromatic rings. The Balaban J connectivity index is 1.54. The van der Waals surface area contributed by atoms with Gasteiger partial charge in [-0.2, -0.15) is 0 Å². The maximum atomic E-state index is 13.6. The Hall–Kier alpha value is -4.57. The minimum absolute atomic E-state index is 0.150. The summed E-state index contributed by atoms with van der Waals surface area (Å²) in [6.07, 6.45) is -1.08. The number of ether oxygens (including phenoxy) is 1. The summed E-state index contributed by atoms with van der Waals surface area (Å²) in [5.74, 6) is -2.40. The summed E-state index contributed by atoms with van der Waals surface area (Å²) in [5, 5.41) is 12.5. The molecule has 10 heteroatoms. The zero-order valence-corrected chi connectivity index (χ0v) is 18.4. The maximum Gasteiger partial charge on any atom is 0.337 e. The largest absolute Gasteiger partial charge is 0.465 e. The molecule has 2 aliphatic rings. The number of hydrogen-bond acceptors (Lipinski definition) is 8. The number of rotatable bonds is 5. The molecule has 35 heavy (non-hydrogen) atoms. The lowest BCUT2D eigenvalue weighted by Crippen LogP contribution is -2.37. The second-order valence-electron chi connectivity index (χ2n) is 8.06. The number of esters is 1. The highest BCUT2D eigenvalue weighted by Gasteiger charge is 2.60. The Labute approximate surface area is 199 Å². The molecule has 176 valence electrons. The van der Waals surface area contributed by atoms with Gasteiger partial charge in [-0.05, 0) is 42.0 Å². The number of hydrogen-bond donors (Lipinski definition) is 0. The summed E-state index contributed by atoms with van der Waals surface area (Å²) in [5.41, 5.74) is 1.75. The molecule has 3 aromatic carbocycles. The van der Waals surface area contributed by atoms with Crippen LogP contribution in [0.4, 0.5) is 17.1 Å². The van der Waals surface area contributed by atoms with Gasteiger partial charge in [-0.1, -0.05) is 30.3 Å². The third-order valence-corrected chi connectivity index (χ3v) is 6.12. The van der Waals surface area contributed by atoms with Crippen LogP contribution in [0.15, 0.2) is 78.9 Å². The zero-order chi connectivity index (χ0) is 24.7. The maximum absolute atomic E-state index is 13.6. The third-order valence-electron chi connectivity index (χ3n) is 6.12. The van der Waals surface area contributed by atoms with E-state index in [-0.39, 0.29) is 11.4 Å². The average molecular weight is 473 g/mol. The lowest BCUT2D eigenvalue weighted by Gasteiger charge is -2.28. The van der Waals surface area contributed by atoms with Crippen molar-refractivity contribution in [3.05, 3.63) is 100 Å². The number of fused-ring (bicyclic) bond motifs is 1. The molecule has 2 fully saturated rings. The van der Waals surface area contributed by atoms with Gasteiger partial charge in [-0.25, -0.2) is 14.8 Å². The number of anilines is 2. The predicted molar refractivity (Wildman–Crippen MR) is 123 cm³/mol. The summed E-state index contributed by atoms with van der Waals surface area (Å²) < 4.78 is 4.76. The number of imide groups is 1. The van der Waals surface area contributed by atoms with Gasteiger partial charge in [0.1, 0.15) is 5.92 Å². The van der Waals surface area contributed by atoms with E-state index in [1.807, 2.05) is 18.2 Å². The van der Waals surface area contributed by atoms with Gasteiger partial charge < -0.3 is 4.74 Å². The van der Waals surface area contributed by atoms with Gasteiger partial charge in [-0.3, -0.25) is 24.5 Å². The number of carbonyl (C=O) groups excluding carboxylic acids is 3. The molecule has 5 rings (SSSR count). The molecule has 0 saturated carbocycles. The first-order valence-corrected chi connectivity index (χ1v) is 10.7. The van der Waals surface area contributed by atoms with Crippen LogP contribution >= 0.6 is 0 Å². The van der Waals surface area contributed by atoms with Crippen LogP contribution in [0.2, 0.25) is 0 Å². The second-order valence-corrected chi connectivity index (χ2v) is 8.06. The molecule has 0 bridgehead atoms. The van der Waals surface area contributed by atoms with Gasteiger partial charge in [0.25, 0.3) is 11.6 Å². The molecule has 2 saturated heterocycles. The van der Waals surface area contributed by atoms with Crippen LogP contribution in [0.5, 0.6) is 0 Å². The molecule has 0 N–H and O–H groups in total. The Morgan fingerprint density at radius 2 is 1.57 bits per heavy atom. The number of nitro groups is 1. The summed E-state index contributed by atoms with van der Waals surface area (Å²) >= 11 is 0. The molecule has 10 nitrogen and oxygen atoms in total. The molecule has 0 aliphatic carbocycles. The Morgan fingerprint density at radius 1 is 0.914 bits per heavy atom. The molecule has 0 spiro atoms. The average Bonchev–Trinajstić information content (AvgIpc) is 3.40. The van der Waals surface area contributed by atoms with Crippen LogP contribution in [0.1, 0.15) is 22.0 Å². The summed E-state index contributed by atoms with van der Waals surface area (Å²) in [7, 11) is 1.29. The van der Waals surface area contributed by atoms with Crippen molar-refractivity contribution in [3.63, 3.8) is 0 Å². The number of nitro benzene ring substituents is 1. The molecule has 3 atom stereocenters. The van der Waals surface area contributed by atoms with Crippen LogP contribution in [-0.2, 0) is 19.2 Å². The number of carbonyl (C=O) groups is 3. The van der Waals surface area contributed by atoms with Crippen LogP contribution in [0.3, 0.4) is 0 Å². The predicted octanol–water partition coefficient (Wildman–Crippen LogP) is 3.43. The van der Waals surface area contributed by atoms with E-state index in [1.165, 1.54) is 31.4 Å². The zero-order valence-electron chi connectivity index (χ0n) is 18.4. The molecular weight excluding hydrogens is 454 g/mol. The van der Waals surface area contributed by atoms with E-state index in [9.17, 15) is 24.5 Å². The fourth-order valence-corrected chi connectivity index (χ4v) is 4.46. The standard InChI is InChI=1S/C25H19N3O7/c1-34-25(31)16-9-7-15(8-10-16)21-20-22(35-27(21)18-5-3-2-4-6-18)24(30)26(23(20)29)17-11-13-19(14-12-17)28(32)33/h2-14,20-22H,1H3/t20-,21+,22+/m1/s1. The van der Waals surface area contributed by atoms with Gasteiger partial charge >= 0.3 is 5.97 Å². The Bertz CT molecular complexity index is 1310. The third kappa shape index (κ3) is 3.69. The summed E-state index contributed by atoms with van der Waals surface area (Å²) in [4.78, 5) is 56.3. The van der Waals surface area contributed by atoms with Gasteiger partial charge in [-0.15, -0.1) is 0 Å². The topological polar surface area (TPSA) is 119 Å². The van der Waals surface area contributed by atoms with Gasteiger partial charge in [0.15, 0.2) is 6.10 Å². The summed E-state index contributed by atoms with van der Waals surface area (Å²) in [6, 6.07) is 20.2. The highest BCUT2D eigenvalue weighted by atomic mass is 16.7. The molecule has 2 aliphatic heterocycles. The molecule has 2 heterocycles.